The fraction of sp³-hybridized carbons (Fsp3) is 0.500. The second-order valence-electron chi connectivity index (χ2n) is 6.69. The van der Waals surface area contributed by atoms with Crippen LogP contribution in [0.5, 0.6) is 0 Å². The summed E-state index contributed by atoms with van der Waals surface area (Å²) >= 11 is 0. The SMILES string of the molecule is Cc1cc2occ(CC(=O)N3CC[C@@H](N)C3)c2cc1C(C)C. The van der Waals surface area contributed by atoms with Gasteiger partial charge in [-0.25, -0.2) is 0 Å². The molecule has 1 saturated heterocycles. The smallest absolute Gasteiger partial charge is 0.227 e. The molecule has 4 heteroatoms. The lowest BCUT2D eigenvalue weighted by Crippen LogP contribution is -2.32. The molecule has 1 aromatic carbocycles. The molecule has 0 aliphatic carbocycles. The van der Waals surface area contributed by atoms with Crippen LogP contribution in [0.15, 0.2) is 22.8 Å². The number of benzene rings is 1. The average molecular weight is 300 g/mol. The first-order valence-corrected chi connectivity index (χ1v) is 7.99. The number of fused-ring (bicyclic) bond motifs is 1. The third kappa shape index (κ3) is 2.75. The van der Waals surface area contributed by atoms with E-state index >= 15 is 0 Å². The Morgan fingerprint density at radius 3 is 2.86 bits per heavy atom. The van der Waals surface area contributed by atoms with Gasteiger partial charge in [0.05, 0.1) is 12.7 Å². The number of hydrogen-bond donors (Lipinski definition) is 1. The Balaban J connectivity index is 1.88. The van der Waals surface area contributed by atoms with E-state index in [0.29, 0.717) is 18.9 Å². The molecule has 1 aliphatic rings. The molecule has 1 fully saturated rings. The summed E-state index contributed by atoms with van der Waals surface area (Å²) in [6.07, 6.45) is 3.01. The number of nitrogens with zero attached hydrogens (tertiary/aromatic N) is 1. The molecule has 118 valence electrons. The van der Waals surface area contributed by atoms with Gasteiger partial charge >= 0.3 is 0 Å². The Labute approximate surface area is 131 Å². The van der Waals surface area contributed by atoms with E-state index in [4.69, 9.17) is 10.2 Å². The van der Waals surface area contributed by atoms with Gasteiger partial charge in [-0.3, -0.25) is 4.79 Å². The fourth-order valence-electron chi connectivity index (χ4n) is 3.29. The molecule has 1 amide bonds. The Hall–Kier alpha value is -1.81. The van der Waals surface area contributed by atoms with Crippen molar-refractivity contribution >= 4 is 16.9 Å². The van der Waals surface area contributed by atoms with Crippen molar-refractivity contribution in [2.75, 3.05) is 13.1 Å². The van der Waals surface area contributed by atoms with Gasteiger partial charge < -0.3 is 15.1 Å². The van der Waals surface area contributed by atoms with Crippen LogP contribution < -0.4 is 5.73 Å². The number of amides is 1. The normalized spacial score (nSPS) is 18.6. The molecule has 2 aromatic rings. The zero-order valence-corrected chi connectivity index (χ0v) is 13.6. The van der Waals surface area contributed by atoms with Crippen LogP contribution in [0.25, 0.3) is 11.0 Å². The van der Waals surface area contributed by atoms with Crippen molar-refractivity contribution in [3.8, 4) is 0 Å². The molecule has 22 heavy (non-hydrogen) atoms. The van der Waals surface area contributed by atoms with E-state index in [9.17, 15) is 4.79 Å². The van der Waals surface area contributed by atoms with Gasteiger partial charge in [-0.15, -0.1) is 0 Å². The van der Waals surface area contributed by atoms with E-state index in [1.807, 2.05) is 4.90 Å². The topological polar surface area (TPSA) is 59.5 Å². The summed E-state index contributed by atoms with van der Waals surface area (Å²) in [5, 5.41) is 1.06. The molecule has 2 heterocycles. The van der Waals surface area contributed by atoms with Gasteiger partial charge in [-0.05, 0) is 42.5 Å². The summed E-state index contributed by atoms with van der Waals surface area (Å²) in [6, 6.07) is 4.38. The monoisotopic (exact) mass is 300 g/mol. The molecule has 1 aliphatic heterocycles. The summed E-state index contributed by atoms with van der Waals surface area (Å²) in [6.45, 7) is 7.92. The molecule has 0 unspecified atom stereocenters. The predicted molar refractivity (Wildman–Crippen MR) is 87.9 cm³/mol. The van der Waals surface area contributed by atoms with Crippen molar-refractivity contribution in [1.82, 2.24) is 4.90 Å². The molecule has 2 N–H and O–H groups in total. The second kappa shape index (κ2) is 5.76. The van der Waals surface area contributed by atoms with Crippen molar-refractivity contribution in [3.63, 3.8) is 0 Å². The lowest BCUT2D eigenvalue weighted by Gasteiger charge is -2.15. The quantitative estimate of drug-likeness (QED) is 0.948. The highest BCUT2D eigenvalue weighted by molar-refractivity contribution is 5.88. The Morgan fingerprint density at radius 1 is 1.45 bits per heavy atom. The number of rotatable bonds is 3. The molecule has 1 atom stereocenters. The Bertz CT molecular complexity index is 702. The van der Waals surface area contributed by atoms with Crippen molar-refractivity contribution in [2.45, 2.75) is 45.6 Å². The van der Waals surface area contributed by atoms with Gasteiger partial charge in [0.15, 0.2) is 0 Å². The van der Waals surface area contributed by atoms with Gasteiger partial charge in [-0.1, -0.05) is 13.8 Å². The van der Waals surface area contributed by atoms with Crippen LogP contribution in [-0.4, -0.2) is 29.9 Å². The van der Waals surface area contributed by atoms with Crippen LogP contribution in [0.1, 0.15) is 42.9 Å². The molecule has 0 bridgehead atoms. The standard InChI is InChI=1S/C18H24N2O2/c1-11(2)15-8-16-13(10-22-17(16)6-12(15)3)7-18(21)20-5-4-14(19)9-20/h6,8,10-11,14H,4-5,7,9,19H2,1-3H3/t14-/m1/s1. The maximum absolute atomic E-state index is 12.4. The minimum atomic E-state index is 0.125. The van der Waals surface area contributed by atoms with E-state index in [0.717, 1.165) is 29.5 Å². The molecule has 1 aromatic heterocycles. The lowest BCUT2D eigenvalue weighted by atomic mass is 9.95. The molecule has 0 spiro atoms. The van der Waals surface area contributed by atoms with Crippen molar-refractivity contribution in [2.24, 2.45) is 5.73 Å². The average Bonchev–Trinajstić information content (AvgIpc) is 3.04. The molecule has 0 saturated carbocycles. The van der Waals surface area contributed by atoms with Crippen LogP contribution in [0, 0.1) is 6.92 Å². The third-order valence-corrected chi connectivity index (χ3v) is 4.58. The summed E-state index contributed by atoms with van der Waals surface area (Å²) in [7, 11) is 0. The van der Waals surface area contributed by atoms with Crippen LogP contribution >= 0.6 is 0 Å². The summed E-state index contributed by atoms with van der Waals surface area (Å²) in [5.41, 5.74) is 10.3. The Morgan fingerprint density at radius 2 is 2.23 bits per heavy atom. The number of nitrogens with two attached hydrogens (primary N) is 1. The minimum absolute atomic E-state index is 0.125. The number of likely N-dealkylation sites (tertiary alicyclic amines) is 1. The first-order chi connectivity index (χ1) is 10.5. The van der Waals surface area contributed by atoms with Crippen LogP contribution in [0.4, 0.5) is 0 Å². The summed E-state index contributed by atoms with van der Waals surface area (Å²) in [5.74, 6) is 0.599. The van der Waals surface area contributed by atoms with Crippen molar-refractivity contribution in [3.05, 3.63) is 35.1 Å². The van der Waals surface area contributed by atoms with Crippen molar-refractivity contribution in [1.29, 1.82) is 0 Å². The highest BCUT2D eigenvalue weighted by Gasteiger charge is 2.24. The van der Waals surface area contributed by atoms with Crippen LogP contribution in [-0.2, 0) is 11.2 Å². The zero-order chi connectivity index (χ0) is 15.9. The van der Waals surface area contributed by atoms with E-state index in [2.05, 4.69) is 32.9 Å². The summed E-state index contributed by atoms with van der Waals surface area (Å²) < 4.78 is 5.65. The van der Waals surface area contributed by atoms with E-state index in [1.54, 1.807) is 6.26 Å². The maximum Gasteiger partial charge on any atom is 0.227 e. The van der Waals surface area contributed by atoms with Gasteiger partial charge in [0.25, 0.3) is 0 Å². The molecule has 4 nitrogen and oxygen atoms in total. The first kappa shape index (κ1) is 15.1. The number of furan rings is 1. The molecular formula is C18H24N2O2. The van der Waals surface area contributed by atoms with E-state index in [1.165, 1.54) is 11.1 Å². The van der Waals surface area contributed by atoms with E-state index in [-0.39, 0.29) is 11.9 Å². The lowest BCUT2D eigenvalue weighted by molar-refractivity contribution is -0.129. The predicted octanol–water partition coefficient (Wildman–Crippen LogP) is 2.97. The van der Waals surface area contributed by atoms with E-state index < -0.39 is 0 Å². The third-order valence-electron chi connectivity index (χ3n) is 4.58. The van der Waals surface area contributed by atoms with Crippen LogP contribution in [0.2, 0.25) is 0 Å². The number of aryl methyl sites for hydroxylation is 1. The Kier molecular flexibility index (Phi) is 3.96. The second-order valence-corrected chi connectivity index (χ2v) is 6.69. The molecule has 3 rings (SSSR count). The maximum atomic E-state index is 12.4. The highest BCUT2D eigenvalue weighted by Crippen LogP contribution is 2.29. The fourth-order valence-corrected chi connectivity index (χ4v) is 3.29. The summed E-state index contributed by atoms with van der Waals surface area (Å²) in [4.78, 5) is 14.3. The number of carbonyl (C=O) groups is 1. The highest BCUT2D eigenvalue weighted by atomic mass is 16.3. The minimum Gasteiger partial charge on any atom is -0.464 e. The van der Waals surface area contributed by atoms with Gasteiger partial charge in [-0.2, -0.15) is 0 Å². The molecular weight excluding hydrogens is 276 g/mol. The largest absolute Gasteiger partial charge is 0.464 e. The van der Waals surface area contributed by atoms with Crippen molar-refractivity contribution < 1.29 is 9.21 Å². The van der Waals surface area contributed by atoms with Gasteiger partial charge in [0.2, 0.25) is 5.91 Å². The van der Waals surface area contributed by atoms with Gasteiger partial charge in [0, 0.05) is 30.1 Å². The zero-order valence-electron chi connectivity index (χ0n) is 13.6. The molecule has 0 radical (unpaired) electrons. The number of hydrogen-bond acceptors (Lipinski definition) is 3. The number of carbonyl (C=O) groups excluding carboxylic acids is 1. The first-order valence-electron chi connectivity index (χ1n) is 7.99. The van der Waals surface area contributed by atoms with Gasteiger partial charge in [0.1, 0.15) is 5.58 Å². The van der Waals surface area contributed by atoms with Crippen LogP contribution in [0.3, 0.4) is 0 Å².